The van der Waals surface area contributed by atoms with Gasteiger partial charge in [-0.2, -0.15) is 0 Å². The minimum Gasteiger partial charge on any atom is -0.495 e. The highest BCUT2D eigenvalue weighted by atomic mass is 35.5. The van der Waals surface area contributed by atoms with Crippen LogP contribution in [0.25, 0.3) is 10.8 Å². The maximum Gasteiger partial charge on any atom is 0.241 e. The molecule has 0 spiro atoms. The van der Waals surface area contributed by atoms with Crippen LogP contribution in [0.5, 0.6) is 11.6 Å². The van der Waals surface area contributed by atoms with Crippen molar-refractivity contribution in [1.82, 2.24) is 10.2 Å². The van der Waals surface area contributed by atoms with E-state index in [1.54, 1.807) is 13.2 Å². The van der Waals surface area contributed by atoms with E-state index in [2.05, 4.69) is 15.5 Å². The van der Waals surface area contributed by atoms with Crippen LogP contribution in [-0.2, 0) is 6.54 Å². The van der Waals surface area contributed by atoms with Crippen LogP contribution in [0, 0.1) is 0 Å². The lowest BCUT2D eigenvalue weighted by molar-refractivity contribution is 0.229. The van der Waals surface area contributed by atoms with Gasteiger partial charge in [-0.3, -0.25) is 0 Å². The summed E-state index contributed by atoms with van der Waals surface area (Å²) >= 11 is 12.3. The van der Waals surface area contributed by atoms with E-state index in [0.717, 1.165) is 16.3 Å². The van der Waals surface area contributed by atoms with E-state index in [-0.39, 0.29) is 6.61 Å². The number of aromatic nitrogens is 2. The summed E-state index contributed by atoms with van der Waals surface area (Å²) < 4.78 is 10.8. The fourth-order valence-electron chi connectivity index (χ4n) is 2.58. The summed E-state index contributed by atoms with van der Waals surface area (Å²) in [4.78, 5) is 0. The molecule has 1 heterocycles. The lowest BCUT2D eigenvalue weighted by Gasteiger charge is -2.12. The Balaban J connectivity index is 1.84. The Morgan fingerprint density at radius 3 is 2.67 bits per heavy atom. The molecule has 0 fully saturated rings. The molecule has 0 aliphatic heterocycles. The fraction of sp³-hybridized carbons (Fsp3) is 0.263. The van der Waals surface area contributed by atoms with Crippen LogP contribution < -0.4 is 14.8 Å². The first-order valence-corrected chi connectivity index (χ1v) is 9.14. The fourth-order valence-corrected chi connectivity index (χ4v) is 3.03. The lowest BCUT2D eigenvalue weighted by atomic mass is 10.1. The molecule has 142 valence electrons. The molecule has 0 aliphatic carbocycles. The van der Waals surface area contributed by atoms with E-state index >= 15 is 0 Å². The normalized spacial score (nSPS) is 10.8. The quantitative estimate of drug-likeness (QED) is 0.541. The molecule has 3 aromatic rings. The molecule has 6 nitrogen and oxygen atoms in total. The molecule has 0 saturated carbocycles. The smallest absolute Gasteiger partial charge is 0.241 e. The van der Waals surface area contributed by atoms with Crippen LogP contribution in [-0.4, -0.2) is 35.6 Å². The van der Waals surface area contributed by atoms with Gasteiger partial charge in [0.05, 0.1) is 18.7 Å². The zero-order valence-corrected chi connectivity index (χ0v) is 16.2. The summed E-state index contributed by atoms with van der Waals surface area (Å²) in [6.45, 7) is 0.923. The van der Waals surface area contributed by atoms with Crippen LogP contribution in [0.1, 0.15) is 12.0 Å². The van der Waals surface area contributed by atoms with E-state index in [9.17, 15) is 0 Å². The number of hydrogen-bond acceptors (Lipinski definition) is 6. The number of rotatable bonds is 8. The number of halogens is 2. The molecule has 0 atom stereocenters. The predicted molar refractivity (Wildman–Crippen MR) is 107 cm³/mol. The molecule has 0 unspecified atom stereocenters. The number of hydrogen-bond donors (Lipinski definition) is 2. The average Bonchev–Trinajstić information content (AvgIpc) is 2.67. The number of benzene rings is 2. The Hall–Kier alpha value is -2.28. The molecule has 0 bridgehead atoms. The van der Waals surface area contributed by atoms with Gasteiger partial charge in [-0.25, -0.2) is 0 Å². The zero-order valence-electron chi connectivity index (χ0n) is 14.7. The van der Waals surface area contributed by atoms with Crippen molar-refractivity contribution in [2.75, 3.05) is 25.6 Å². The number of ether oxygens (including phenoxy) is 2. The van der Waals surface area contributed by atoms with Crippen molar-refractivity contribution in [3.8, 4) is 11.6 Å². The van der Waals surface area contributed by atoms with Crippen LogP contribution in [0.2, 0.25) is 10.0 Å². The second-order valence-corrected chi connectivity index (χ2v) is 6.64. The van der Waals surface area contributed by atoms with Crippen molar-refractivity contribution in [3.05, 3.63) is 52.0 Å². The van der Waals surface area contributed by atoms with Gasteiger partial charge in [-0.05, 0) is 35.9 Å². The van der Waals surface area contributed by atoms with Crippen LogP contribution >= 0.6 is 23.2 Å². The van der Waals surface area contributed by atoms with Gasteiger partial charge in [0.1, 0.15) is 5.75 Å². The SMILES string of the molecule is COc1ccc(CNc2nnc(OCCCO)c3ccc(Cl)cc23)cc1Cl. The van der Waals surface area contributed by atoms with Crippen molar-refractivity contribution in [3.63, 3.8) is 0 Å². The number of anilines is 1. The van der Waals surface area contributed by atoms with Crippen molar-refractivity contribution in [2.24, 2.45) is 0 Å². The lowest BCUT2D eigenvalue weighted by Crippen LogP contribution is -2.07. The average molecular weight is 408 g/mol. The first kappa shape index (κ1) is 19.5. The molecule has 0 saturated heterocycles. The standard InChI is InChI=1S/C19H19Cl2N3O3/c1-26-17-6-3-12(9-16(17)21)11-22-18-15-10-13(20)4-5-14(15)19(24-23-18)27-8-2-7-25/h3-6,9-10,25H,2,7-8,11H2,1H3,(H,22,23). The third-order valence-electron chi connectivity index (χ3n) is 3.93. The number of nitrogens with one attached hydrogen (secondary N) is 1. The van der Waals surface area contributed by atoms with Gasteiger partial charge in [-0.15, -0.1) is 10.2 Å². The summed E-state index contributed by atoms with van der Waals surface area (Å²) in [7, 11) is 1.58. The predicted octanol–water partition coefficient (Wildman–Crippen LogP) is 4.32. The Morgan fingerprint density at radius 2 is 1.93 bits per heavy atom. The molecule has 27 heavy (non-hydrogen) atoms. The van der Waals surface area contributed by atoms with Crippen LogP contribution in [0.4, 0.5) is 5.82 Å². The van der Waals surface area contributed by atoms with Gasteiger partial charge in [0, 0.05) is 35.4 Å². The summed E-state index contributed by atoms with van der Waals surface area (Å²) in [6.07, 6.45) is 0.523. The molecular weight excluding hydrogens is 389 g/mol. The third kappa shape index (κ3) is 4.71. The number of fused-ring (bicyclic) bond motifs is 1. The minimum atomic E-state index is 0.0568. The number of nitrogens with zero attached hydrogens (tertiary/aromatic N) is 2. The minimum absolute atomic E-state index is 0.0568. The first-order chi connectivity index (χ1) is 13.1. The Morgan fingerprint density at radius 1 is 1.07 bits per heavy atom. The van der Waals surface area contributed by atoms with E-state index < -0.39 is 0 Å². The molecule has 1 aromatic heterocycles. The van der Waals surface area contributed by atoms with Crippen molar-refractivity contribution in [2.45, 2.75) is 13.0 Å². The summed E-state index contributed by atoms with van der Waals surface area (Å²) in [5, 5.41) is 23.3. The molecule has 8 heteroatoms. The zero-order chi connectivity index (χ0) is 19.2. The summed E-state index contributed by atoms with van der Waals surface area (Å²) in [5.41, 5.74) is 0.973. The van der Waals surface area contributed by atoms with E-state index in [1.165, 1.54) is 0 Å². The monoisotopic (exact) mass is 407 g/mol. The second kappa shape index (κ2) is 9.08. The highest BCUT2D eigenvalue weighted by molar-refractivity contribution is 6.32. The van der Waals surface area contributed by atoms with Gasteiger partial charge in [0.15, 0.2) is 5.82 Å². The maximum atomic E-state index is 8.91. The Bertz CT molecular complexity index is 937. The van der Waals surface area contributed by atoms with Crippen LogP contribution in [0.3, 0.4) is 0 Å². The highest BCUT2D eigenvalue weighted by Crippen LogP contribution is 2.31. The van der Waals surface area contributed by atoms with Gasteiger partial charge < -0.3 is 19.9 Å². The van der Waals surface area contributed by atoms with Gasteiger partial charge >= 0.3 is 0 Å². The molecule has 2 N–H and O–H groups in total. The van der Waals surface area contributed by atoms with E-state index in [4.69, 9.17) is 37.8 Å². The van der Waals surface area contributed by atoms with Crippen molar-refractivity contribution >= 4 is 39.8 Å². The number of aliphatic hydroxyl groups excluding tert-OH is 1. The van der Waals surface area contributed by atoms with Crippen molar-refractivity contribution < 1.29 is 14.6 Å². The topological polar surface area (TPSA) is 76.5 Å². The molecule has 3 rings (SSSR count). The van der Waals surface area contributed by atoms with Gasteiger partial charge in [0.25, 0.3) is 0 Å². The Kier molecular flexibility index (Phi) is 6.55. The molecule has 0 aliphatic rings. The van der Waals surface area contributed by atoms with E-state index in [1.807, 2.05) is 30.3 Å². The number of aliphatic hydroxyl groups is 1. The van der Waals surface area contributed by atoms with E-state index in [0.29, 0.717) is 47.1 Å². The third-order valence-corrected chi connectivity index (χ3v) is 4.46. The van der Waals surface area contributed by atoms with Gasteiger partial charge in [0.2, 0.25) is 5.88 Å². The Labute approximate surface area is 167 Å². The first-order valence-electron chi connectivity index (χ1n) is 8.38. The van der Waals surface area contributed by atoms with Gasteiger partial charge in [-0.1, -0.05) is 29.3 Å². The van der Waals surface area contributed by atoms with Crippen LogP contribution in [0.15, 0.2) is 36.4 Å². The maximum absolute atomic E-state index is 8.91. The largest absolute Gasteiger partial charge is 0.495 e. The molecule has 0 amide bonds. The number of methoxy groups -OCH3 is 1. The summed E-state index contributed by atoms with van der Waals surface area (Å²) in [5.74, 6) is 1.63. The molecule has 0 radical (unpaired) electrons. The molecule has 2 aromatic carbocycles. The summed E-state index contributed by atoms with van der Waals surface area (Å²) in [6, 6.07) is 11.0. The van der Waals surface area contributed by atoms with Crippen molar-refractivity contribution in [1.29, 1.82) is 0 Å². The second-order valence-electron chi connectivity index (χ2n) is 5.79. The molecular formula is C19H19Cl2N3O3. The highest BCUT2D eigenvalue weighted by Gasteiger charge is 2.11.